The maximum Gasteiger partial charge on any atom is 0.407 e. The Bertz CT molecular complexity index is 1190. The van der Waals surface area contributed by atoms with Gasteiger partial charge in [0.15, 0.2) is 6.10 Å². The maximum absolute atomic E-state index is 13.3. The number of hydrogen-bond donors (Lipinski definition) is 4. The van der Waals surface area contributed by atoms with Crippen molar-refractivity contribution in [1.82, 2.24) is 21.3 Å². The molecular formula is C32H49N4O10P. The van der Waals surface area contributed by atoms with Gasteiger partial charge in [-0.25, -0.2) is 14.4 Å². The van der Waals surface area contributed by atoms with Gasteiger partial charge in [0.2, 0.25) is 11.8 Å². The van der Waals surface area contributed by atoms with Crippen LogP contribution in [-0.4, -0.2) is 73.8 Å². The van der Waals surface area contributed by atoms with Crippen molar-refractivity contribution in [3.63, 3.8) is 0 Å². The third-order valence-electron chi connectivity index (χ3n) is 7.79. The van der Waals surface area contributed by atoms with Crippen molar-refractivity contribution in [2.75, 3.05) is 19.7 Å². The Labute approximate surface area is 276 Å². The molecule has 2 fully saturated rings. The number of ether oxygens (including phenoxy) is 2. The predicted octanol–water partition coefficient (Wildman–Crippen LogP) is 3.29. The van der Waals surface area contributed by atoms with Gasteiger partial charge in [-0.15, -0.1) is 0 Å². The summed E-state index contributed by atoms with van der Waals surface area (Å²) in [6.45, 7) is 4.33. The van der Waals surface area contributed by atoms with Gasteiger partial charge < -0.3 is 35.3 Å². The van der Waals surface area contributed by atoms with Crippen molar-refractivity contribution < 1.29 is 47.1 Å². The molecule has 3 rings (SSSR count). The number of hydrogen-bond acceptors (Lipinski definition) is 11. The van der Waals surface area contributed by atoms with Crippen molar-refractivity contribution in [3.05, 3.63) is 35.9 Å². The van der Waals surface area contributed by atoms with E-state index in [9.17, 15) is 28.5 Å². The Hall–Kier alpha value is -3.32. The summed E-state index contributed by atoms with van der Waals surface area (Å²) in [6.07, 6.45) is 4.69. The highest BCUT2D eigenvalue weighted by atomic mass is 31.1. The summed E-state index contributed by atoms with van der Waals surface area (Å²) in [7, 11) is -3.17. The van der Waals surface area contributed by atoms with E-state index in [1.165, 1.54) is 6.92 Å². The first kappa shape index (κ1) is 38.1. The number of esters is 2. The molecule has 0 aromatic heterocycles. The summed E-state index contributed by atoms with van der Waals surface area (Å²) in [5.74, 6) is -2.32. The van der Waals surface area contributed by atoms with Crippen molar-refractivity contribution in [3.8, 4) is 0 Å². The zero-order valence-electron chi connectivity index (χ0n) is 27.3. The van der Waals surface area contributed by atoms with Crippen LogP contribution in [0.2, 0.25) is 0 Å². The first-order chi connectivity index (χ1) is 22.7. The van der Waals surface area contributed by atoms with Crippen molar-refractivity contribution in [2.24, 2.45) is 5.92 Å². The molecule has 4 N–H and O–H groups in total. The summed E-state index contributed by atoms with van der Waals surface area (Å²) < 4.78 is 33.1. The van der Waals surface area contributed by atoms with Gasteiger partial charge in [0.05, 0.1) is 12.6 Å². The fraction of sp³-hybridized carbons (Fsp3) is 0.656. The summed E-state index contributed by atoms with van der Waals surface area (Å²) in [5.41, 5.74) is 0.880. The minimum atomic E-state index is -3.17. The minimum absolute atomic E-state index is 0.0910. The maximum atomic E-state index is 13.3. The molecule has 1 aromatic carbocycles. The molecule has 0 spiro atoms. The number of amides is 3. The van der Waals surface area contributed by atoms with Crippen LogP contribution < -0.4 is 21.3 Å². The van der Waals surface area contributed by atoms with Crippen LogP contribution in [0.3, 0.4) is 0 Å². The van der Waals surface area contributed by atoms with Crippen LogP contribution in [0.1, 0.15) is 83.6 Å². The van der Waals surface area contributed by atoms with E-state index in [1.54, 1.807) is 0 Å². The molecular weight excluding hydrogens is 631 g/mol. The third kappa shape index (κ3) is 15.0. The molecule has 15 heteroatoms. The molecule has 47 heavy (non-hydrogen) atoms. The van der Waals surface area contributed by atoms with Crippen molar-refractivity contribution in [1.29, 1.82) is 0 Å². The predicted molar refractivity (Wildman–Crippen MR) is 172 cm³/mol. The van der Waals surface area contributed by atoms with Crippen LogP contribution in [0.15, 0.2) is 30.3 Å². The van der Waals surface area contributed by atoms with Gasteiger partial charge in [-0.05, 0) is 70.4 Å². The number of alkyl carbamates (subject to hydrolysis) is 1. The molecule has 1 saturated heterocycles. The van der Waals surface area contributed by atoms with Crippen molar-refractivity contribution >= 4 is 38.1 Å². The van der Waals surface area contributed by atoms with E-state index in [-0.39, 0.29) is 25.0 Å². The van der Waals surface area contributed by atoms with E-state index in [0.29, 0.717) is 45.2 Å². The Balaban J connectivity index is 1.43. The van der Waals surface area contributed by atoms with Crippen LogP contribution in [0, 0.1) is 5.92 Å². The SMILES string of the molecule is CCCCC(CO[PH](=O)OC(C)C(=O)OC(=O)[C@@H]1CCCN1)NC(=O)C(CCCCNC(=O)OCc1ccccc1)NC(=O)C1CC1. The second kappa shape index (κ2) is 20.8. The van der Waals surface area contributed by atoms with Gasteiger partial charge in [0, 0.05) is 12.5 Å². The van der Waals surface area contributed by atoms with E-state index in [1.807, 2.05) is 37.3 Å². The second-order valence-corrected chi connectivity index (χ2v) is 12.9. The van der Waals surface area contributed by atoms with E-state index < -0.39 is 56.4 Å². The van der Waals surface area contributed by atoms with Gasteiger partial charge in [0.1, 0.15) is 18.7 Å². The molecule has 1 aliphatic carbocycles. The molecule has 2 aliphatic rings. The highest BCUT2D eigenvalue weighted by Gasteiger charge is 2.33. The first-order valence-electron chi connectivity index (χ1n) is 16.5. The van der Waals surface area contributed by atoms with Crippen LogP contribution in [0.4, 0.5) is 4.79 Å². The second-order valence-electron chi connectivity index (χ2n) is 11.9. The van der Waals surface area contributed by atoms with Gasteiger partial charge in [-0.3, -0.25) is 18.7 Å². The number of carbonyl (C=O) groups excluding carboxylic acids is 5. The average molecular weight is 681 g/mol. The lowest BCUT2D eigenvalue weighted by molar-refractivity contribution is -0.165. The molecule has 4 unspecified atom stereocenters. The Morgan fingerprint density at radius 2 is 1.77 bits per heavy atom. The van der Waals surface area contributed by atoms with Gasteiger partial charge in [-0.2, -0.15) is 0 Å². The van der Waals surface area contributed by atoms with Gasteiger partial charge in [0.25, 0.3) is 0 Å². The van der Waals surface area contributed by atoms with Crippen LogP contribution in [0.5, 0.6) is 0 Å². The smallest absolute Gasteiger partial charge is 0.407 e. The fourth-order valence-corrected chi connectivity index (χ4v) is 5.62. The highest BCUT2D eigenvalue weighted by Crippen LogP contribution is 2.29. The molecule has 1 saturated carbocycles. The average Bonchev–Trinajstić information content (AvgIpc) is 3.77. The lowest BCUT2D eigenvalue weighted by atomic mass is 10.1. The number of benzene rings is 1. The monoisotopic (exact) mass is 680 g/mol. The summed E-state index contributed by atoms with van der Waals surface area (Å²) in [4.78, 5) is 62.2. The standard InChI is InChI=1S/C32H49N4O10P/c1-3-4-13-25(21-44-47(42)46-22(2)30(39)45-31(40)27-15-10-19-33-27)35-29(38)26(36-28(37)24-16-17-24)14-8-9-18-34-32(41)43-20-23-11-6-5-7-12-23/h5-7,11-12,22,24-27,33,47H,3-4,8-10,13-21H2,1-2H3,(H,34,41)(H,35,38)(H,36,37)/t22?,25?,26?,27-/m0/s1. The summed E-state index contributed by atoms with van der Waals surface area (Å²) in [6, 6.07) is 7.46. The number of nitrogens with one attached hydrogen (secondary N) is 4. The minimum Gasteiger partial charge on any atom is -0.445 e. The molecule has 1 heterocycles. The number of rotatable bonds is 21. The Kier molecular flexibility index (Phi) is 16.9. The zero-order chi connectivity index (χ0) is 34.0. The number of unbranched alkanes of at least 4 members (excludes halogenated alkanes) is 2. The fourth-order valence-electron chi connectivity index (χ4n) is 4.83. The van der Waals surface area contributed by atoms with E-state index in [0.717, 1.165) is 37.7 Å². The molecule has 3 amide bonds. The molecule has 14 nitrogen and oxygen atoms in total. The molecule has 5 atom stereocenters. The largest absolute Gasteiger partial charge is 0.445 e. The molecule has 1 aliphatic heterocycles. The van der Waals surface area contributed by atoms with Gasteiger partial charge in [-0.1, -0.05) is 50.1 Å². The third-order valence-corrected chi connectivity index (χ3v) is 8.74. The van der Waals surface area contributed by atoms with Crippen LogP contribution in [-0.2, 0) is 48.9 Å². The molecule has 262 valence electrons. The van der Waals surface area contributed by atoms with E-state index in [4.69, 9.17) is 18.5 Å². The quantitative estimate of drug-likeness (QED) is 0.0646. The Morgan fingerprint density at radius 1 is 1.00 bits per heavy atom. The molecule has 0 bridgehead atoms. The molecule has 0 radical (unpaired) electrons. The van der Waals surface area contributed by atoms with E-state index >= 15 is 0 Å². The Morgan fingerprint density at radius 3 is 2.45 bits per heavy atom. The summed E-state index contributed by atoms with van der Waals surface area (Å²) >= 11 is 0. The van der Waals surface area contributed by atoms with E-state index in [2.05, 4.69) is 21.3 Å². The van der Waals surface area contributed by atoms with Crippen LogP contribution in [0.25, 0.3) is 0 Å². The number of carbonyl (C=O) groups is 5. The van der Waals surface area contributed by atoms with Crippen LogP contribution >= 0.6 is 8.25 Å². The normalized spacial score (nSPS) is 18.3. The topological polar surface area (TPSA) is 187 Å². The summed E-state index contributed by atoms with van der Waals surface area (Å²) in [5, 5.41) is 11.4. The lowest BCUT2D eigenvalue weighted by Gasteiger charge is -2.24. The molecule has 1 aromatic rings. The first-order valence-corrected chi connectivity index (χ1v) is 17.8. The lowest BCUT2D eigenvalue weighted by Crippen LogP contribution is -2.51. The highest BCUT2D eigenvalue weighted by molar-refractivity contribution is 7.33. The zero-order valence-corrected chi connectivity index (χ0v) is 28.3. The van der Waals surface area contributed by atoms with Gasteiger partial charge >= 0.3 is 26.3 Å². The van der Waals surface area contributed by atoms with Crippen molar-refractivity contribution in [2.45, 2.75) is 109 Å².